The highest BCUT2D eigenvalue weighted by molar-refractivity contribution is 5.48. The molecule has 1 fully saturated rings. The van der Waals surface area contributed by atoms with Gasteiger partial charge in [0.15, 0.2) is 0 Å². The number of aliphatic hydroxyl groups is 1. The maximum absolute atomic E-state index is 8.99. The molecule has 88 valence electrons. The van der Waals surface area contributed by atoms with Gasteiger partial charge in [0.1, 0.15) is 0 Å². The third-order valence-corrected chi connectivity index (χ3v) is 3.38. The van der Waals surface area contributed by atoms with E-state index in [-0.39, 0.29) is 6.61 Å². The second-order valence-corrected chi connectivity index (χ2v) is 4.68. The first kappa shape index (κ1) is 11.4. The predicted molar refractivity (Wildman–Crippen MR) is 66.7 cm³/mol. The minimum Gasteiger partial charge on any atom is -0.392 e. The topological polar surface area (TPSA) is 26.7 Å². The molecule has 3 nitrogen and oxygen atoms in total. The fourth-order valence-corrected chi connectivity index (χ4v) is 2.21. The van der Waals surface area contributed by atoms with E-state index >= 15 is 0 Å². The molecule has 1 atom stereocenters. The molecule has 0 radical (unpaired) electrons. The Morgan fingerprint density at radius 1 is 1.31 bits per heavy atom. The minimum absolute atomic E-state index is 0.126. The van der Waals surface area contributed by atoms with Gasteiger partial charge in [-0.05, 0) is 38.2 Å². The highest BCUT2D eigenvalue weighted by Gasteiger charge is 2.23. The van der Waals surface area contributed by atoms with E-state index < -0.39 is 0 Å². The molecule has 0 amide bonds. The first-order valence-corrected chi connectivity index (χ1v) is 5.82. The largest absolute Gasteiger partial charge is 0.392 e. The SMILES string of the molecule is CN(C)C1CCN(c2ccc(CO)cc2)C1. The maximum Gasteiger partial charge on any atom is 0.0681 e. The zero-order valence-corrected chi connectivity index (χ0v) is 10.1. The fourth-order valence-electron chi connectivity index (χ4n) is 2.21. The molecule has 0 saturated carbocycles. The Labute approximate surface area is 97.3 Å². The zero-order valence-electron chi connectivity index (χ0n) is 10.1. The Bertz CT molecular complexity index is 334. The molecule has 2 rings (SSSR count). The van der Waals surface area contributed by atoms with Gasteiger partial charge in [0, 0.05) is 24.8 Å². The molecule has 0 spiro atoms. The summed E-state index contributed by atoms with van der Waals surface area (Å²) in [6.45, 7) is 2.35. The summed E-state index contributed by atoms with van der Waals surface area (Å²) in [6, 6.07) is 8.86. The molecule has 0 bridgehead atoms. The Hall–Kier alpha value is -1.06. The van der Waals surface area contributed by atoms with Crippen molar-refractivity contribution in [1.82, 2.24) is 4.90 Å². The molecule has 1 aliphatic rings. The van der Waals surface area contributed by atoms with Crippen LogP contribution in [0.2, 0.25) is 0 Å². The molecule has 1 aromatic carbocycles. The molecular formula is C13H20N2O. The normalized spacial score (nSPS) is 20.8. The molecule has 1 unspecified atom stereocenters. The molecule has 16 heavy (non-hydrogen) atoms. The van der Waals surface area contributed by atoms with Gasteiger partial charge in [0.25, 0.3) is 0 Å². The van der Waals surface area contributed by atoms with Crippen LogP contribution in [0.25, 0.3) is 0 Å². The van der Waals surface area contributed by atoms with Gasteiger partial charge in [-0.2, -0.15) is 0 Å². The fraction of sp³-hybridized carbons (Fsp3) is 0.538. The predicted octanol–water partition coefficient (Wildman–Crippen LogP) is 1.32. The number of aliphatic hydroxyl groups excluding tert-OH is 1. The summed E-state index contributed by atoms with van der Waals surface area (Å²) < 4.78 is 0. The van der Waals surface area contributed by atoms with E-state index in [1.165, 1.54) is 12.1 Å². The van der Waals surface area contributed by atoms with Crippen molar-refractivity contribution >= 4 is 5.69 Å². The van der Waals surface area contributed by atoms with Crippen molar-refractivity contribution in [2.45, 2.75) is 19.1 Å². The number of hydrogen-bond acceptors (Lipinski definition) is 3. The average molecular weight is 220 g/mol. The lowest BCUT2D eigenvalue weighted by molar-refractivity contribution is 0.282. The summed E-state index contributed by atoms with van der Waals surface area (Å²) in [5.41, 5.74) is 2.24. The Morgan fingerprint density at radius 3 is 2.50 bits per heavy atom. The van der Waals surface area contributed by atoms with Crippen LogP contribution >= 0.6 is 0 Å². The molecular weight excluding hydrogens is 200 g/mol. The van der Waals surface area contributed by atoms with Crippen LogP contribution in [0.4, 0.5) is 5.69 Å². The van der Waals surface area contributed by atoms with Crippen molar-refractivity contribution in [2.75, 3.05) is 32.1 Å². The molecule has 0 aliphatic carbocycles. The van der Waals surface area contributed by atoms with E-state index in [1.807, 2.05) is 12.1 Å². The lowest BCUT2D eigenvalue weighted by Crippen LogP contribution is -2.31. The molecule has 1 N–H and O–H groups in total. The second kappa shape index (κ2) is 4.85. The van der Waals surface area contributed by atoms with Gasteiger partial charge < -0.3 is 14.9 Å². The van der Waals surface area contributed by atoms with Gasteiger partial charge in [-0.15, -0.1) is 0 Å². The number of benzene rings is 1. The quantitative estimate of drug-likeness (QED) is 0.832. The van der Waals surface area contributed by atoms with Crippen molar-refractivity contribution in [2.24, 2.45) is 0 Å². The summed E-state index contributed by atoms with van der Waals surface area (Å²) in [5.74, 6) is 0. The minimum atomic E-state index is 0.126. The molecule has 1 aliphatic heterocycles. The van der Waals surface area contributed by atoms with Crippen molar-refractivity contribution in [3.05, 3.63) is 29.8 Å². The molecule has 3 heteroatoms. The Kier molecular flexibility index (Phi) is 3.46. The summed E-state index contributed by atoms with van der Waals surface area (Å²) in [6.07, 6.45) is 1.23. The first-order valence-electron chi connectivity index (χ1n) is 5.82. The van der Waals surface area contributed by atoms with Crippen LogP contribution < -0.4 is 4.90 Å². The van der Waals surface area contributed by atoms with Crippen LogP contribution in [-0.4, -0.2) is 43.2 Å². The van der Waals surface area contributed by atoms with Crippen molar-refractivity contribution < 1.29 is 5.11 Å². The lowest BCUT2D eigenvalue weighted by Gasteiger charge is -2.21. The van der Waals surface area contributed by atoms with Crippen LogP contribution in [0.15, 0.2) is 24.3 Å². The number of likely N-dealkylation sites (N-methyl/N-ethyl adjacent to an activating group) is 1. The van der Waals surface area contributed by atoms with E-state index in [1.54, 1.807) is 0 Å². The molecule has 1 aromatic rings. The highest BCUT2D eigenvalue weighted by atomic mass is 16.3. The first-order chi connectivity index (χ1) is 7.70. The third-order valence-electron chi connectivity index (χ3n) is 3.38. The van der Waals surface area contributed by atoms with Crippen LogP contribution in [0.1, 0.15) is 12.0 Å². The van der Waals surface area contributed by atoms with Crippen LogP contribution in [0, 0.1) is 0 Å². The van der Waals surface area contributed by atoms with E-state index in [4.69, 9.17) is 5.11 Å². The highest BCUT2D eigenvalue weighted by Crippen LogP contribution is 2.22. The van der Waals surface area contributed by atoms with E-state index in [0.717, 1.165) is 18.7 Å². The van der Waals surface area contributed by atoms with Crippen molar-refractivity contribution in [1.29, 1.82) is 0 Å². The Balaban J connectivity index is 2.03. The standard InChI is InChI=1S/C13H20N2O/c1-14(2)13-7-8-15(9-13)12-5-3-11(10-16)4-6-12/h3-6,13,16H,7-10H2,1-2H3. The van der Waals surface area contributed by atoms with E-state index in [9.17, 15) is 0 Å². The van der Waals surface area contributed by atoms with E-state index in [0.29, 0.717) is 6.04 Å². The van der Waals surface area contributed by atoms with Gasteiger partial charge in [-0.25, -0.2) is 0 Å². The smallest absolute Gasteiger partial charge is 0.0681 e. The van der Waals surface area contributed by atoms with Gasteiger partial charge in [0.05, 0.1) is 6.61 Å². The average Bonchev–Trinajstić information content (AvgIpc) is 2.78. The molecule has 1 saturated heterocycles. The van der Waals surface area contributed by atoms with Gasteiger partial charge in [-0.3, -0.25) is 0 Å². The van der Waals surface area contributed by atoms with Crippen molar-refractivity contribution in [3.8, 4) is 0 Å². The van der Waals surface area contributed by atoms with E-state index in [2.05, 4.69) is 36.0 Å². The van der Waals surface area contributed by atoms with Crippen LogP contribution in [-0.2, 0) is 6.61 Å². The lowest BCUT2D eigenvalue weighted by atomic mass is 10.2. The van der Waals surface area contributed by atoms with Crippen molar-refractivity contribution in [3.63, 3.8) is 0 Å². The van der Waals surface area contributed by atoms with Crippen LogP contribution in [0.3, 0.4) is 0 Å². The third kappa shape index (κ3) is 2.36. The van der Waals surface area contributed by atoms with Gasteiger partial charge in [-0.1, -0.05) is 12.1 Å². The monoisotopic (exact) mass is 220 g/mol. The maximum atomic E-state index is 8.99. The summed E-state index contributed by atoms with van der Waals surface area (Å²) in [4.78, 5) is 4.70. The number of nitrogens with zero attached hydrogens (tertiary/aromatic N) is 2. The molecule has 1 heterocycles. The molecule has 0 aromatic heterocycles. The number of anilines is 1. The number of rotatable bonds is 3. The summed E-state index contributed by atoms with van der Waals surface area (Å²) in [7, 11) is 4.28. The van der Waals surface area contributed by atoms with Gasteiger partial charge in [0.2, 0.25) is 0 Å². The summed E-state index contributed by atoms with van der Waals surface area (Å²) in [5, 5.41) is 8.99. The Morgan fingerprint density at radius 2 is 2.00 bits per heavy atom. The van der Waals surface area contributed by atoms with Crippen LogP contribution in [0.5, 0.6) is 0 Å². The second-order valence-electron chi connectivity index (χ2n) is 4.68. The number of hydrogen-bond donors (Lipinski definition) is 1. The summed E-state index contributed by atoms with van der Waals surface area (Å²) >= 11 is 0. The van der Waals surface area contributed by atoms with Gasteiger partial charge >= 0.3 is 0 Å². The zero-order chi connectivity index (χ0) is 11.5.